The van der Waals surface area contributed by atoms with Crippen molar-refractivity contribution in [1.82, 2.24) is 5.32 Å². The standard InChI is InChI=1S/C10H20BrN/c1-8(2)9(11)6-12-7-10(3,4)5/h12H,6-7H2,1-5H3. The summed E-state index contributed by atoms with van der Waals surface area (Å²) in [7, 11) is 0. The fraction of sp³-hybridized carbons (Fsp3) is 0.800. The molecule has 0 aromatic carbocycles. The molecule has 0 aromatic heterocycles. The summed E-state index contributed by atoms with van der Waals surface area (Å²) in [6, 6.07) is 0. The van der Waals surface area contributed by atoms with Crippen molar-refractivity contribution in [3.8, 4) is 0 Å². The maximum absolute atomic E-state index is 3.53. The van der Waals surface area contributed by atoms with Gasteiger partial charge in [-0.3, -0.25) is 0 Å². The minimum atomic E-state index is 0.370. The lowest BCUT2D eigenvalue weighted by Gasteiger charge is -2.18. The third-order valence-corrected chi connectivity index (χ3v) is 2.55. The minimum absolute atomic E-state index is 0.370. The maximum atomic E-state index is 3.53. The molecule has 0 fully saturated rings. The van der Waals surface area contributed by atoms with Gasteiger partial charge in [0.05, 0.1) is 0 Å². The number of allylic oxidation sites excluding steroid dienone is 1. The Hall–Kier alpha value is 0.180. The van der Waals surface area contributed by atoms with Gasteiger partial charge in [0.15, 0.2) is 0 Å². The van der Waals surface area contributed by atoms with Crippen LogP contribution in [-0.4, -0.2) is 13.1 Å². The SMILES string of the molecule is CC(C)=C(Br)CNCC(C)(C)C. The lowest BCUT2D eigenvalue weighted by Crippen LogP contribution is -2.27. The van der Waals surface area contributed by atoms with Crippen LogP contribution in [-0.2, 0) is 0 Å². The molecule has 0 rings (SSSR count). The van der Waals surface area contributed by atoms with E-state index in [-0.39, 0.29) is 0 Å². The number of rotatable bonds is 3. The highest BCUT2D eigenvalue weighted by molar-refractivity contribution is 9.11. The van der Waals surface area contributed by atoms with E-state index < -0.39 is 0 Å². The van der Waals surface area contributed by atoms with Crippen LogP contribution >= 0.6 is 15.9 Å². The topological polar surface area (TPSA) is 12.0 Å². The van der Waals surface area contributed by atoms with Crippen LogP contribution in [0.3, 0.4) is 0 Å². The monoisotopic (exact) mass is 233 g/mol. The first-order valence-corrected chi connectivity index (χ1v) is 5.15. The van der Waals surface area contributed by atoms with E-state index >= 15 is 0 Å². The van der Waals surface area contributed by atoms with E-state index in [1.54, 1.807) is 0 Å². The fourth-order valence-electron chi connectivity index (χ4n) is 0.724. The van der Waals surface area contributed by atoms with Gasteiger partial charge in [-0.2, -0.15) is 0 Å². The average molecular weight is 234 g/mol. The molecule has 0 unspecified atom stereocenters. The van der Waals surface area contributed by atoms with Gasteiger partial charge in [-0.15, -0.1) is 0 Å². The molecule has 72 valence electrons. The van der Waals surface area contributed by atoms with E-state index in [2.05, 4.69) is 55.9 Å². The van der Waals surface area contributed by atoms with Gasteiger partial charge in [0.1, 0.15) is 0 Å². The maximum Gasteiger partial charge on any atom is 0.0271 e. The Labute approximate surface area is 84.8 Å². The average Bonchev–Trinajstić information content (AvgIpc) is 1.84. The zero-order valence-corrected chi connectivity index (χ0v) is 10.4. The van der Waals surface area contributed by atoms with Crippen LogP contribution in [0.1, 0.15) is 34.6 Å². The summed E-state index contributed by atoms with van der Waals surface area (Å²) in [5.74, 6) is 0. The van der Waals surface area contributed by atoms with Crippen LogP contribution in [0.5, 0.6) is 0 Å². The molecular formula is C10H20BrN. The zero-order chi connectivity index (χ0) is 9.78. The summed E-state index contributed by atoms with van der Waals surface area (Å²) in [5.41, 5.74) is 1.71. The van der Waals surface area contributed by atoms with Gasteiger partial charge in [0.2, 0.25) is 0 Å². The highest BCUT2D eigenvalue weighted by Gasteiger charge is 2.08. The first kappa shape index (κ1) is 12.2. The summed E-state index contributed by atoms with van der Waals surface area (Å²) >= 11 is 3.53. The predicted molar refractivity (Wildman–Crippen MR) is 59.6 cm³/mol. The van der Waals surface area contributed by atoms with Crippen molar-refractivity contribution in [2.45, 2.75) is 34.6 Å². The first-order chi connectivity index (χ1) is 5.33. The Morgan fingerprint density at radius 1 is 1.25 bits per heavy atom. The van der Waals surface area contributed by atoms with Crippen LogP contribution in [0, 0.1) is 5.41 Å². The normalized spacial score (nSPS) is 11.5. The summed E-state index contributed by atoms with van der Waals surface area (Å²) < 4.78 is 1.27. The van der Waals surface area contributed by atoms with Crippen molar-refractivity contribution in [2.75, 3.05) is 13.1 Å². The van der Waals surface area contributed by atoms with Gasteiger partial charge in [-0.1, -0.05) is 42.3 Å². The summed E-state index contributed by atoms with van der Waals surface area (Å²) in [5, 5.41) is 3.40. The second-order valence-corrected chi connectivity index (χ2v) is 5.53. The van der Waals surface area contributed by atoms with E-state index in [9.17, 15) is 0 Å². The van der Waals surface area contributed by atoms with Gasteiger partial charge in [-0.25, -0.2) is 0 Å². The quantitative estimate of drug-likeness (QED) is 0.789. The first-order valence-electron chi connectivity index (χ1n) is 4.35. The molecule has 0 atom stereocenters. The summed E-state index contributed by atoms with van der Waals surface area (Å²) in [6.07, 6.45) is 0. The molecule has 0 saturated heterocycles. The molecular weight excluding hydrogens is 214 g/mol. The highest BCUT2D eigenvalue weighted by Crippen LogP contribution is 2.13. The second-order valence-electron chi connectivity index (χ2n) is 4.57. The summed E-state index contributed by atoms with van der Waals surface area (Å²) in [6.45, 7) is 12.9. The molecule has 0 heterocycles. The van der Waals surface area contributed by atoms with Crippen molar-refractivity contribution in [3.63, 3.8) is 0 Å². The molecule has 12 heavy (non-hydrogen) atoms. The lowest BCUT2D eigenvalue weighted by molar-refractivity contribution is 0.388. The van der Waals surface area contributed by atoms with E-state index in [4.69, 9.17) is 0 Å². The van der Waals surface area contributed by atoms with Gasteiger partial charge < -0.3 is 5.32 Å². The summed E-state index contributed by atoms with van der Waals surface area (Å²) in [4.78, 5) is 0. The van der Waals surface area contributed by atoms with Crippen LogP contribution in [0.2, 0.25) is 0 Å². The zero-order valence-electron chi connectivity index (χ0n) is 8.79. The van der Waals surface area contributed by atoms with Crippen LogP contribution in [0.4, 0.5) is 0 Å². The van der Waals surface area contributed by atoms with Crippen LogP contribution in [0.15, 0.2) is 10.1 Å². The van der Waals surface area contributed by atoms with Gasteiger partial charge in [0.25, 0.3) is 0 Å². The van der Waals surface area contributed by atoms with Crippen molar-refractivity contribution in [2.24, 2.45) is 5.41 Å². The Balaban J connectivity index is 3.66. The van der Waals surface area contributed by atoms with Gasteiger partial charge in [-0.05, 0) is 19.3 Å². The number of hydrogen-bond acceptors (Lipinski definition) is 1. The number of hydrogen-bond donors (Lipinski definition) is 1. The Bertz CT molecular complexity index is 161. The molecule has 0 saturated carbocycles. The third kappa shape index (κ3) is 6.86. The third-order valence-electron chi connectivity index (χ3n) is 1.48. The lowest BCUT2D eigenvalue weighted by atomic mass is 9.97. The van der Waals surface area contributed by atoms with E-state index in [0.29, 0.717) is 5.41 Å². The molecule has 0 radical (unpaired) electrons. The van der Waals surface area contributed by atoms with Gasteiger partial charge in [0, 0.05) is 17.6 Å². The molecule has 0 aliphatic carbocycles. The van der Waals surface area contributed by atoms with E-state index in [1.807, 2.05) is 0 Å². The van der Waals surface area contributed by atoms with Gasteiger partial charge >= 0.3 is 0 Å². The Morgan fingerprint density at radius 2 is 1.75 bits per heavy atom. The van der Waals surface area contributed by atoms with E-state index in [0.717, 1.165) is 13.1 Å². The number of nitrogens with one attached hydrogen (secondary N) is 1. The van der Waals surface area contributed by atoms with Crippen molar-refractivity contribution in [1.29, 1.82) is 0 Å². The molecule has 1 N–H and O–H groups in total. The number of halogens is 1. The largest absolute Gasteiger partial charge is 0.312 e. The molecule has 0 spiro atoms. The van der Waals surface area contributed by atoms with Crippen molar-refractivity contribution >= 4 is 15.9 Å². The molecule has 0 bridgehead atoms. The fourth-order valence-corrected chi connectivity index (χ4v) is 0.922. The predicted octanol–water partition coefficient (Wildman–Crippen LogP) is 3.31. The Morgan fingerprint density at radius 3 is 2.08 bits per heavy atom. The molecule has 2 heteroatoms. The second kappa shape index (κ2) is 5.03. The molecule has 0 aromatic rings. The van der Waals surface area contributed by atoms with Crippen molar-refractivity contribution < 1.29 is 0 Å². The van der Waals surface area contributed by atoms with Crippen LogP contribution in [0.25, 0.3) is 0 Å². The Kier molecular flexibility index (Phi) is 5.10. The molecule has 1 nitrogen and oxygen atoms in total. The van der Waals surface area contributed by atoms with Crippen molar-refractivity contribution in [3.05, 3.63) is 10.1 Å². The molecule has 0 aliphatic heterocycles. The van der Waals surface area contributed by atoms with E-state index in [1.165, 1.54) is 10.1 Å². The van der Waals surface area contributed by atoms with Crippen LogP contribution < -0.4 is 5.32 Å². The molecule has 0 amide bonds. The molecule has 0 aliphatic rings. The smallest absolute Gasteiger partial charge is 0.0271 e. The highest BCUT2D eigenvalue weighted by atomic mass is 79.9. The minimum Gasteiger partial charge on any atom is -0.312 e.